The Balaban J connectivity index is 1.08. The van der Waals surface area contributed by atoms with Crippen molar-refractivity contribution in [2.75, 3.05) is 19.0 Å². The third-order valence-electron chi connectivity index (χ3n) is 6.21. The smallest absolute Gasteiger partial charge is 0.338 e. The molecule has 8 nitrogen and oxygen atoms in total. The van der Waals surface area contributed by atoms with Gasteiger partial charge in [0.05, 0.1) is 29.4 Å². The van der Waals surface area contributed by atoms with E-state index in [0.29, 0.717) is 27.6 Å². The average molecular weight is 535 g/mol. The molecule has 39 heavy (non-hydrogen) atoms. The topological polar surface area (TPSA) is 106 Å². The SMILES string of the molecule is COc1ccc(-c2nc3ccc(C(=O)OCC(=O)Nc4nc(-c5ccc6ccccc6c5)cs4)cc3[nH]2)cc1. The van der Waals surface area contributed by atoms with E-state index >= 15 is 0 Å². The molecule has 0 saturated heterocycles. The minimum atomic E-state index is -0.608. The van der Waals surface area contributed by atoms with E-state index in [-0.39, 0.29) is 0 Å². The van der Waals surface area contributed by atoms with Crippen molar-refractivity contribution in [2.24, 2.45) is 0 Å². The number of H-pyrrole nitrogens is 1. The molecule has 4 aromatic carbocycles. The van der Waals surface area contributed by atoms with Crippen LogP contribution in [0, 0.1) is 0 Å². The maximum atomic E-state index is 12.6. The lowest BCUT2D eigenvalue weighted by atomic mass is 10.1. The molecular formula is C30H22N4O4S. The highest BCUT2D eigenvalue weighted by Crippen LogP contribution is 2.28. The highest BCUT2D eigenvalue weighted by Gasteiger charge is 2.14. The zero-order chi connectivity index (χ0) is 26.8. The molecule has 9 heteroatoms. The summed E-state index contributed by atoms with van der Waals surface area (Å²) in [5.74, 6) is 0.351. The van der Waals surface area contributed by atoms with Crippen molar-refractivity contribution in [3.05, 3.63) is 95.9 Å². The normalized spacial score (nSPS) is 11.0. The van der Waals surface area contributed by atoms with Crippen LogP contribution in [-0.4, -0.2) is 40.5 Å². The first-order valence-electron chi connectivity index (χ1n) is 12.1. The van der Waals surface area contributed by atoms with E-state index in [9.17, 15) is 9.59 Å². The number of aromatic nitrogens is 3. The summed E-state index contributed by atoms with van der Waals surface area (Å²) in [7, 11) is 1.61. The van der Waals surface area contributed by atoms with E-state index in [1.807, 2.05) is 60.0 Å². The Labute approximate surface area is 227 Å². The summed E-state index contributed by atoms with van der Waals surface area (Å²) in [6.07, 6.45) is 0. The van der Waals surface area contributed by atoms with Crippen LogP contribution < -0.4 is 10.1 Å². The first-order valence-corrected chi connectivity index (χ1v) is 13.0. The average Bonchev–Trinajstić information content (AvgIpc) is 3.62. The van der Waals surface area contributed by atoms with Gasteiger partial charge in [-0.1, -0.05) is 36.4 Å². The highest BCUT2D eigenvalue weighted by atomic mass is 32.1. The van der Waals surface area contributed by atoms with Gasteiger partial charge < -0.3 is 14.5 Å². The molecule has 0 saturated carbocycles. The number of rotatable bonds is 7. The third-order valence-corrected chi connectivity index (χ3v) is 6.97. The van der Waals surface area contributed by atoms with Crippen molar-refractivity contribution in [1.29, 1.82) is 0 Å². The van der Waals surface area contributed by atoms with Crippen molar-refractivity contribution in [3.8, 4) is 28.4 Å². The summed E-state index contributed by atoms with van der Waals surface area (Å²) in [4.78, 5) is 37.4. The van der Waals surface area contributed by atoms with Gasteiger partial charge >= 0.3 is 5.97 Å². The number of fused-ring (bicyclic) bond motifs is 2. The van der Waals surface area contributed by atoms with E-state index in [1.165, 1.54) is 11.3 Å². The highest BCUT2D eigenvalue weighted by molar-refractivity contribution is 7.14. The monoisotopic (exact) mass is 534 g/mol. The van der Waals surface area contributed by atoms with Crippen LogP contribution in [0.3, 0.4) is 0 Å². The number of thiazole rings is 1. The van der Waals surface area contributed by atoms with Gasteiger partial charge in [0, 0.05) is 16.5 Å². The number of anilines is 1. The van der Waals surface area contributed by atoms with E-state index in [0.717, 1.165) is 33.3 Å². The van der Waals surface area contributed by atoms with Gasteiger partial charge in [0.25, 0.3) is 5.91 Å². The molecule has 0 spiro atoms. The van der Waals surface area contributed by atoms with Crippen LogP contribution in [0.4, 0.5) is 5.13 Å². The Morgan fingerprint density at radius 1 is 0.897 bits per heavy atom. The zero-order valence-electron chi connectivity index (χ0n) is 20.8. The van der Waals surface area contributed by atoms with Crippen LogP contribution in [0.1, 0.15) is 10.4 Å². The van der Waals surface area contributed by atoms with Gasteiger partial charge in [0.15, 0.2) is 11.7 Å². The van der Waals surface area contributed by atoms with Gasteiger partial charge in [0.1, 0.15) is 11.6 Å². The molecule has 6 rings (SSSR count). The number of nitrogens with zero attached hydrogens (tertiary/aromatic N) is 2. The van der Waals surface area contributed by atoms with Gasteiger partial charge in [-0.2, -0.15) is 0 Å². The van der Waals surface area contributed by atoms with Crippen LogP contribution in [0.2, 0.25) is 0 Å². The largest absolute Gasteiger partial charge is 0.497 e. The number of imidazole rings is 1. The summed E-state index contributed by atoms with van der Waals surface area (Å²) in [5.41, 5.74) is 4.32. The number of hydrogen-bond donors (Lipinski definition) is 2. The molecule has 0 aliphatic rings. The summed E-state index contributed by atoms with van der Waals surface area (Å²) >= 11 is 1.31. The van der Waals surface area contributed by atoms with Crippen molar-refractivity contribution >= 4 is 50.2 Å². The maximum absolute atomic E-state index is 12.6. The van der Waals surface area contributed by atoms with Crippen molar-refractivity contribution < 1.29 is 19.1 Å². The van der Waals surface area contributed by atoms with Crippen LogP contribution >= 0.6 is 11.3 Å². The lowest BCUT2D eigenvalue weighted by Crippen LogP contribution is -2.20. The maximum Gasteiger partial charge on any atom is 0.338 e. The third kappa shape index (κ3) is 5.21. The molecule has 0 aliphatic heterocycles. The molecule has 0 atom stereocenters. The Hall–Kier alpha value is -5.02. The summed E-state index contributed by atoms with van der Waals surface area (Å²) in [5, 5.41) is 7.28. The lowest BCUT2D eigenvalue weighted by Gasteiger charge is -2.05. The van der Waals surface area contributed by atoms with Crippen LogP contribution in [0.5, 0.6) is 5.75 Å². The lowest BCUT2D eigenvalue weighted by molar-refractivity contribution is -0.119. The Morgan fingerprint density at radius 2 is 1.69 bits per heavy atom. The van der Waals surface area contributed by atoms with Crippen LogP contribution in [0.15, 0.2) is 90.3 Å². The van der Waals surface area contributed by atoms with E-state index < -0.39 is 18.5 Å². The Kier molecular flexibility index (Phi) is 6.48. The minimum Gasteiger partial charge on any atom is -0.497 e. The molecular weight excluding hydrogens is 512 g/mol. The van der Waals surface area contributed by atoms with Gasteiger partial charge in [-0.15, -0.1) is 11.3 Å². The number of hydrogen-bond acceptors (Lipinski definition) is 7. The number of esters is 1. The molecule has 1 amide bonds. The molecule has 0 unspecified atom stereocenters. The summed E-state index contributed by atoms with van der Waals surface area (Å²) in [6, 6.07) is 26.7. The zero-order valence-corrected chi connectivity index (χ0v) is 21.6. The number of aromatic amines is 1. The first kappa shape index (κ1) is 24.3. The molecule has 192 valence electrons. The molecule has 2 N–H and O–H groups in total. The van der Waals surface area contributed by atoms with Crippen molar-refractivity contribution in [1.82, 2.24) is 15.0 Å². The van der Waals surface area contributed by atoms with E-state index in [2.05, 4.69) is 32.4 Å². The van der Waals surface area contributed by atoms with Crippen LogP contribution in [-0.2, 0) is 9.53 Å². The van der Waals surface area contributed by atoms with Crippen molar-refractivity contribution in [2.45, 2.75) is 0 Å². The van der Waals surface area contributed by atoms with Crippen LogP contribution in [0.25, 0.3) is 44.5 Å². The molecule has 2 heterocycles. The van der Waals surface area contributed by atoms with Gasteiger partial charge in [-0.3, -0.25) is 10.1 Å². The number of carbonyl (C=O) groups is 2. The predicted molar refractivity (Wildman–Crippen MR) is 152 cm³/mol. The quantitative estimate of drug-likeness (QED) is 0.233. The number of methoxy groups -OCH3 is 1. The molecule has 0 bridgehead atoms. The number of benzene rings is 4. The Bertz CT molecular complexity index is 1820. The molecule has 0 aliphatic carbocycles. The number of amides is 1. The number of carbonyl (C=O) groups excluding carboxylic acids is 2. The molecule has 6 aromatic rings. The molecule has 2 aromatic heterocycles. The summed E-state index contributed by atoms with van der Waals surface area (Å²) in [6.45, 7) is -0.429. The second-order valence-corrected chi connectivity index (χ2v) is 9.63. The summed E-state index contributed by atoms with van der Waals surface area (Å²) < 4.78 is 10.4. The predicted octanol–water partition coefficient (Wildman–Crippen LogP) is 6.31. The standard InChI is InChI=1S/C30H22N4O4S/c1-37-23-11-8-19(9-12-23)28-31-24-13-10-22(15-25(24)32-28)29(36)38-16-27(35)34-30-33-26(17-39-30)21-7-6-18-4-2-3-5-20(18)14-21/h2-15,17H,16H2,1H3,(H,31,32)(H,33,34,35). The number of ether oxygens (including phenoxy) is 2. The van der Waals surface area contributed by atoms with Gasteiger partial charge in [-0.05, 0) is 59.3 Å². The second-order valence-electron chi connectivity index (χ2n) is 8.77. The molecule has 0 radical (unpaired) electrons. The fourth-order valence-electron chi connectivity index (χ4n) is 4.20. The fraction of sp³-hybridized carbons (Fsp3) is 0.0667. The van der Waals surface area contributed by atoms with Crippen molar-refractivity contribution in [3.63, 3.8) is 0 Å². The Morgan fingerprint density at radius 3 is 2.51 bits per heavy atom. The number of nitrogens with one attached hydrogen (secondary N) is 2. The fourth-order valence-corrected chi connectivity index (χ4v) is 4.94. The van der Waals surface area contributed by atoms with Gasteiger partial charge in [0.2, 0.25) is 0 Å². The molecule has 0 fully saturated rings. The van der Waals surface area contributed by atoms with Gasteiger partial charge in [-0.25, -0.2) is 14.8 Å². The minimum absolute atomic E-state index is 0.313. The second kappa shape index (κ2) is 10.4. The van der Waals surface area contributed by atoms with E-state index in [1.54, 1.807) is 25.3 Å². The first-order chi connectivity index (χ1) is 19.1. The van der Waals surface area contributed by atoms with E-state index in [4.69, 9.17) is 9.47 Å².